The van der Waals surface area contributed by atoms with Gasteiger partial charge >= 0.3 is 6.03 Å². The van der Waals surface area contributed by atoms with Crippen LogP contribution in [0, 0.1) is 0 Å². The molecule has 1 saturated heterocycles. The van der Waals surface area contributed by atoms with Crippen molar-refractivity contribution in [1.29, 1.82) is 0 Å². The summed E-state index contributed by atoms with van der Waals surface area (Å²) in [6.45, 7) is 5.69. The third-order valence-electron chi connectivity index (χ3n) is 3.98. The first kappa shape index (κ1) is 13.9. The summed E-state index contributed by atoms with van der Waals surface area (Å²) in [5.74, 6) is -0.178. The van der Waals surface area contributed by atoms with Crippen molar-refractivity contribution in [2.75, 3.05) is 36.5 Å². The second-order valence-electron chi connectivity index (χ2n) is 5.75. The van der Waals surface area contributed by atoms with E-state index in [1.807, 2.05) is 24.3 Å². The summed E-state index contributed by atoms with van der Waals surface area (Å²) in [5.41, 5.74) is 0.478. The van der Waals surface area contributed by atoms with Crippen LogP contribution in [-0.4, -0.2) is 48.7 Å². The molecule has 0 saturated carbocycles. The topological polar surface area (TPSA) is 61.9 Å². The molecule has 1 aromatic rings. The normalized spacial score (nSPS) is 20.8. The number of amides is 3. The molecular formula is C15H19N3O3. The summed E-state index contributed by atoms with van der Waals surface area (Å²) in [7, 11) is 0. The molecular weight excluding hydrogens is 270 g/mol. The minimum absolute atomic E-state index is 0.148. The third-order valence-corrected chi connectivity index (χ3v) is 3.98. The number of nitrogens with zero attached hydrogens (tertiary/aromatic N) is 2. The van der Waals surface area contributed by atoms with E-state index in [1.165, 1.54) is 0 Å². The molecule has 2 heterocycles. The van der Waals surface area contributed by atoms with E-state index in [1.54, 1.807) is 23.6 Å². The fourth-order valence-electron chi connectivity index (χ4n) is 2.69. The fourth-order valence-corrected chi connectivity index (χ4v) is 2.69. The first-order valence-electron chi connectivity index (χ1n) is 7.09. The molecule has 6 heteroatoms. The number of nitrogens with one attached hydrogen (secondary N) is 1. The van der Waals surface area contributed by atoms with Crippen LogP contribution in [0.2, 0.25) is 0 Å². The SMILES string of the molecule is CC1(C)C(=O)Nc2ccccc2N1C(=O)N1CCOCC1. The van der Waals surface area contributed by atoms with E-state index >= 15 is 0 Å². The molecule has 1 fully saturated rings. The van der Waals surface area contributed by atoms with Gasteiger partial charge in [-0.05, 0) is 26.0 Å². The number of anilines is 2. The lowest BCUT2D eigenvalue weighted by Crippen LogP contribution is -2.62. The Labute approximate surface area is 123 Å². The van der Waals surface area contributed by atoms with E-state index in [2.05, 4.69) is 5.32 Å². The van der Waals surface area contributed by atoms with E-state index in [4.69, 9.17) is 4.74 Å². The number of carbonyl (C=O) groups is 2. The molecule has 6 nitrogen and oxygen atoms in total. The molecule has 3 amide bonds. The number of morpholine rings is 1. The maximum absolute atomic E-state index is 12.9. The summed E-state index contributed by atoms with van der Waals surface area (Å²) in [6.07, 6.45) is 0. The zero-order chi connectivity index (χ0) is 15.0. The lowest BCUT2D eigenvalue weighted by molar-refractivity contribution is -0.120. The van der Waals surface area contributed by atoms with Crippen molar-refractivity contribution < 1.29 is 14.3 Å². The Hall–Kier alpha value is -2.08. The van der Waals surface area contributed by atoms with Gasteiger partial charge < -0.3 is 15.0 Å². The van der Waals surface area contributed by atoms with Gasteiger partial charge in [-0.2, -0.15) is 0 Å². The number of para-hydroxylation sites is 2. The molecule has 21 heavy (non-hydrogen) atoms. The molecule has 3 rings (SSSR count). The van der Waals surface area contributed by atoms with Gasteiger partial charge in [0.25, 0.3) is 0 Å². The molecule has 0 bridgehead atoms. The van der Waals surface area contributed by atoms with Crippen molar-refractivity contribution in [2.45, 2.75) is 19.4 Å². The van der Waals surface area contributed by atoms with Crippen LogP contribution in [0.5, 0.6) is 0 Å². The van der Waals surface area contributed by atoms with Gasteiger partial charge in [-0.3, -0.25) is 9.69 Å². The molecule has 2 aliphatic heterocycles. The van der Waals surface area contributed by atoms with Crippen LogP contribution >= 0.6 is 0 Å². The maximum Gasteiger partial charge on any atom is 0.325 e. The molecule has 0 radical (unpaired) electrons. The lowest BCUT2D eigenvalue weighted by Gasteiger charge is -2.44. The second-order valence-corrected chi connectivity index (χ2v) is 5.75. The van der Waals surface area contributed by atoms with E-state index in [0.717, 1.165) is 5.69 Å². The van der Waals surface area contributed by atoms with Crippen LogP contribution in [0.1, 0.15) is 13.8 Å². The third kappa shape index (κ3) is 2.25. The van der Waals surface area contributed by atoms with Crippen LogP contribution in [0.25, 0.3) is 0 Å². The van der Waals surface area contributed by atoms with Gasteiger partial charge in [0.2, 0.25) is 5.91 Å². The molecule has 112 valence electrons. The van der Waals surface area contributed by atoms with Gasteiger partial charge in [0.15, 0.2) is 0 Å². The predicted molar refractivity (Wildman–Crippen MR) is 79.4 cm³/mol. The van der Waals surface area contributed by atoms with Crippen molar-refractivity contribution in [3.05, 3.63) is 24.3 Å². The smallest absolute Gasteiger partial charge is 0.325 e. The average Bonchev–Trinajstić information content (AvgIpc) is 2.49. The number of urea groups is 1. The van der Waals surface area contributed by atoms with Crippen molar-refractivity contribution in [1.82, 2.24) is 4.90 Å². The highest BCUT2D eigenvalue weighted by molar-refractivity contribution is 6.13. The van der Waals surface area contributed by atoms with Gasteiger partial charge in [0.05, 0.1) is 24.6 Å². The molecule has 0 spiro atoms. The summed E-state index contributed by atoms with van der Waals surface area (Å²) in [6, 6.07) is 7.23. The summed E-state index contributed by atoms with van der Waals surface area (Å²) in [4.78, 5) is 28.5. The fraction of sp³-hybridized carbons (Fsp3) is 0.467. The number of benzene rings is 1. The Balaban J connectivity index is 2.01. The second kappa shape index (κ2) is 5.04. The number of hydrogen-bond donors (Lipinski definition) is 1. The molecule has 1 aromatic carbocycles. The molecule has 0 aromatic heterocycles. The van der Waals surface area contributed by atoms with Gasteiger partial charge in [-0.25, -0.2) is 4.79 Å². The van der Waals surface area contributed by atoms with Gasteiger partial charge in [-0.1, -0.05) is 12.1 Å². The monoisotopic (exact) mass is 289 g/mol. The van der Waals surface area contributed by atoms with E-state index in [9.17, 15) is 9.59 Å². The molecule has 0 unspecified atom stereocenters. The van der Waals surface area contributed by atoms with E-state index in [-0.39, 0.29) is 11.9 Å². The Morgan fingerprint density at radius 1 is 1.24 bits per heavy atom. The van der Waals surface area contributed by atoms with E-state index in [0.29, 0.717) is 32.0 Å². The molecule has 1 N–H and O–H groups in total. The highest BCUT2D eigenvalue weighted by atomic mass is 16.5. The minimum Gasteiger partial charge on any atom is -0.378 e. The number of fused-ring (bicyclic) bond motifs is 1. The van der Waals surface area contributed by atoms with Crippen LogP contribution in [-0.2, 0) is 9.53 Å². The predicted octanol–water partition coefficient (Wildman–Crippen LogP) is 1.68. The van der Waals surface area contributed by atoms with Gasteiger partial charge in [0.1, 0.15) is 5.54 Å². The first-order valence-corrected chi connectivity index (χ1v) is 7.09. The zero-order valence-corrected chi connectivity index (χ0v) is 12.3. The van der Waals surface area contributed by atoms with E-state index < -0.39 is 5.54 Å². The Kier molecular flexibility index (Phi) is 3.33. The summed E-state index contributed by atoms with van der Waals surface area (Å²) < 4.78 is 5.29. The van der Waals surface area contributed by atoms with Crippen LogP contribution in [0.4, 0.5) is 16.2 Å². The summed E-state index contributed by atoms with van der Waals surface area (Å²) >= 11 is 0. The zero-order valence-electron chi connectivity index (χ0n) is 12.3. The van der Waals surface area contributed by atoms with Crippen molar-refractivity contribution >= 4 is 23.3 Å². The van der Waals surface area contributed by atoms with Crippen molar-refractivity contribution in [2.24, 2.45) is 0 Å². The largest absolute Gasteiger partial charge is 0.378 e. The lowest BCUT2D eigenvalue weighted by atomic mass is 9.96. The minimum atomic E-state index is -0.927. The average molecular weight is 289 g/mol. The highest BCUT2D eigenvalue weighted by Gasteiger charge is 2.45. The van der Waals surface area contributed by atoms with Gasteiger partial charge in [-0.15, -0.1) is 0 Å². The maximum atomic E-state index is 12.9. The molecule has 2 aliphatic rings. The standard InChI is InChI=1S/C15H19N3O3/c1-15(2)13(19)16-11-5-3-4-6-12(11)18(15)14(20)17-7-9-21-10-8-17/h3-6H,7-10H2,1-2H3,(H,16,19). The quantitative estimate of drug-likeness (QED) is 0.790. The first-order chi connectivity index (χ1) is 10.0. The molecule has 0 aliphatic carbocycles. The van der Waals surface area contributed by atoms with Crippen molar-refractivity contribution in [3.8, 4) is 0 Å². The number of ether oxygens (including phenoxy) is 1. The van der Waals surface area contributed by atoms with Crippen molar-refractivity contribution in [3.63, 3.8) is 0 Å². The van der Waals surface area contributed by atoms with Gasteiger partial charge in [0, 0.05) is 13.1 Å². The number of carbonyl (C=O) groups excluding carboxylic acids is 2. The highest BCUT2D eigenvalue weighted by Crippen LogP contribution is 2.37. The van der Waals surface area contributed by atoms with Crippen LogP contribution in [0.3, 0.4) is 0 Å². The number of hydrogen-bond acceptors (Lipinski definition) is 3. The number of rotatable bonds is 0. The molecule has 0 atom stereocenters. The van der Waals surface area contributed by atoms with Crippen LogP contribution < -0.4 is 10.2 Å². The Morgan fingerprint density at radius 2 is 1.90 bits per heavy atom. The summed E-state index contributed by atoms with van der Waals surface area (Å²) in [5, 5.41) is 2.86. The Morgan fingerprint density at radius 3 is 2.62 bits per heavy atom. The Bertz CT molecular complexity index is 579. The van der Waals surface area contributed by atoms with Crippen LogP contribution in [0.15, 0.2) is 24.3 Å².